The van der Waals surface area contributed by atoms with Crippen LogP contribution in [-0.4, -0.2) is 77.2 Å². The van der Waals surface area contributed by atoms with E-state index in [0.29, 0.717) is 22.2 Å². The molecule has 2 amide bonds. The average Bonchev–Trinajstić information content (AvgIpc) is 3.42. The van der Waals surface area contributed by atoms with E-state index in [9.17, 15) is 19.5 Å². The summed E-state index contributed by atoms with van der Waals surface area (Å²) in [4.78, 5) is 39.8. The topological polar surface area (TPSA) is 130 Å². The number of thiophene rings is 1. The number of aromatic nitrogens is 4. The van der Waals surface area contributed by atoms with E-state index in [0.717, 1.165) is 4.88 Å². The molecule has 2 unspecified atom stereocenters. The fraction of sp³-hybridized carbons (Fsp3) is 0.412. The van der Waals surface area contributed by atoms with Crippen LogP contribution in [0.3, 0.4) is 0 Å². The number of aryl methyl sites for hydroxylation is 1. The van der Waals surface area contributed by atoms with Gasteiger partial charge in [0.25, 0.3) is 5.91 Å². The maximum absolute atomic E-state index is 12.8. The molecular formula is C17H18N6O4S4. The molecule has 1 fully saturated rings. The van der Waals surface area contributed by atoms with E-state index in [1.807, 2.05) is 23.8 Å². The minimum Gasteiger partial charge on any atom is -0.477 e. The molecule has 1 saturated heterocycles. The van der Waals surface area contributed by atoms with Crippen LogP contribution < -0.4 is 5.32 Å². The van der Waals surface area contributed by atoms with Crippen molar-refractivity contribution in [2.75, 3.05) is 17.8 Å². The molecule has 4 rings (SSSR count). The minimum atomic E-state index is -1.16. The van der Waals surface area contributed by atoms with Gasteiger partial charge in [-0.2, -0.15) is 0 Å². The Morgan fingerprint density at radius 1 is 1.45 bits per heavy atom. The van der Waals surface area contributed by atoms with Gasteiger partial charge >= 0.3 is 5.97 Å². The number of nitrogens with one attached hydrogen (secondary N) is 1. The molecule has 164 valence electrons. The summed E-state index contributed by atoms with van der Waals surface area (Å²) in [5.41, 5.74) is 0.613. The summed E-state index contributed by atoms with van der Waals surface area (Å²) in [6.45, 7) is 0. The number of hydrogen-bond donors (Lipinski definition) is 2. The smallest absolute Gasteiger partial charge is 0.352 e. The first-order valence-electron chi connectivity index (χ1n) is 9.04. The monoisotopic (exact) mass is 498 g/mol. The van der Waals surface area contributed by atoms with E-state index < -0.39 is 28.5 Å². The maximum atomic E-state index is 12.8. The lowest BCUT2D eigenvalue weighted by atomic mass is 10.0. The quantitative estimate of drug-likeness (QED) is 0.404. The number of tetrazole rings is 1. The van der Waals surface area contributed by atoms with Gasteiger partial charge in [0.2, 0.25) is 11.1 Å². The molecule has 2 aliphatic rings. The third-order valence-electron chi connectivity index (χ3n) is 4.78. The zero-order chi connectivity index (χ0) is 22.1. The van der Waals surface area contributed by atoms with Crippen LogP contribution in [-0.2, 0) is 21.4 Å². The molecule has 0 bridgehead atoms. The van der Waals surface area contributed by atoms with Gasteiger partial charge in [-0.3, -0.25) is 14.5 Å². The van der Waals surface area contributed by atoms with E-state index in [4.69, 9.17) is 0 Å². The molecular weight excluding hydrogens is 480 g/mol. The summed E-state index contributed by atoms with van der Waals surface area (Å²) in [5, 5.41) is 25.4. The molecule has 2 aromatic heterocycles. The number of β-lactam (4-membered cyclic amide) rings is 1. The second kappa shape index (κ2) is 9.22. The number of carboxylic acids is 1. The zero-order valence-corrected chi connectivity index (χ0v) is 19.7. The second-order valence-electron chi connectivity index (χ2n) is 6.66. The van der Waals surface area contributed by atoms with Gasteiger partial charge in [0, 0.05) is 23.4 Å². The highest BCUT2D eigenvalue weighted by Crippen LogP contribution is 2.42. The fourth-order valence-electron chi connectivity index (χ4n) is 3.31. The Morgan fingerprint density at radius 3 is 2.87 bits per heavy atom. The van der Waals surface area contributed by atoms with Crippen molar-refractivity contribution in [2.45, 2.75) is 21.8 Å². The maximum Gasteiger partial charge on any atom is 0.352 e. The van der Waals surface area contributed by atoms with E-state index >= 15 is 0 Å². The molecule has 10 nitrogen and oxygen atoms in total. The third-order valence-corrected chi connectivity index (χ3v) is 9.24. The second-order valence-corrected chi connectivity index (χ2v) is 10.6. The number of fused-ring (bicyclic) bond motifs is 1. The lowest BCUT2D eigenvalue weighted by Gasteiger charge is -2.49. The number of thioether (sulfide) groups is 3. The Hall–Kier alpha value is -2.03. The van der Waals surface area contributed by atoms with Crippen molar-refractivity contribution in [2.24, 2.45) is 7.05 Å². The van der Waals surface area contributed by atoms with Gasteiger partial charge in [0.1, 0.15) is 22.4 Å². The molecule has 0 radical (unpaired) electrons. The van der Waals surface area contributed by atoms with Crippen molar-refractivity contribution < 1.29 is 19.5 Å². The number of aliphatic carboxylic acids is 1. The SMILES string of the molecule is CSC(C(=O)NC1C(=O)N2C(C(=O)O)=C(CSc3nnnn3C)CS[C@@H]12)c1cccs1. The van der Waals surface area contributed by atoms with Crippen molar-refractivity contribution in [1.82, 2.24) is 30.4 Å². The van der Waals surface area contributed by atoms with Crippen LogP contribution in [0, 0.1) is 0 Å². The van der Waals surface area contributed by atoms with E-state index in [1.165, 1.54) is 56.2 Å². The Morgan fingerprint density at radius 2 is 2.26 bits per heavy atom. The first-order chi connectivity index (χ1) is 14.9. The molecule has 2 N–H and O–H groups in total. The highest BCUT2D eigenvalue weighted by molar-refractivity contribution is 8.01. The van der Waals surface area contributed by atoms with Crippen molar-refractivity contribution in [3.8, 4) is 0 Å². The van der Waals surface area contributed by atoms with Gasteiger partial charge in [-0.1, -0.05) is 17.8 Å². The van der Waals surface area contributed by atoms with Crippen LogP contribution in [0.5, 0.6) is 0 Å². The average molecular weight is 499 g/mol. The first-order valence-corrected chi connectivity index (χ1v) is 13.2. The highest BCUT2D eigenvalue weighted by atomic mass is 32.2. The van der Waals surface area contributed by atoms with Crippen LogP contribution in [0.2, 0.25) is 0 Å². The summed E-state index contributed by atoms with van der Waals surface area (Å²) in [6.07, 6.45) is 1.84. The summed E-state index contributed by atoms with van der Waals surface area (Å²) in [6, 6.07) is 3.03. The molecule has 31 heavy (non-hydrogen) atoms. The predicted octanol–water partition coefficient (Wildman–Crippen LogP) is 1.21. The predicted molar refractivity (Wildman–Crippen MR) is 120 cm³/mol. The van der Waals surface area contributed by atoms with Gasteiger partial charge in [-0.25, -0.2) is 9.48 Å². The highest BCUT2D eigenvalue weighted by Gasteiger charge is 2.54. The Bertz CT molecular complexity index is 1040. The van der Waals surface area contributed by atoms with Gasteiger partial charge in [-0.15, -0.1) is 40.0 Å². The Kier molecular flexibility index (Phi) is 6.60. The van der Waals surface area contributed by atoms with Crippen molar-refractivity contribution in [3.05, 3.63) is 33.7 Å². The molecule has 4 heterocycles. The molecule has 0 aliphatic carbocycles. The Labute approximate surface area is 194 Å². The summed E-state index contributed by atoms with van der Waals surface area (Å²) in [5.74, 6) is -1.01. The van der Waals surface area contributed by atoms with Gasteiger partial charge in [0.15, 0.2) is 0 Å². The van der Waals surface area contributed by atoms with Gasteiger partial charge in [0.05, 0.1) is 0 Å². The normalized spacial score (nSPS) is 21.5. The summed E-state index contributed by atoms with van der Waals surface area (Å²) in [7, 11) is 1.70. The van der Waals surface area contributed by atoms with E-state index in [2.05, 4.69) is 20.8 Å². The van der Waals surface area contributed by atoms with Crippen LogP contribution in [0.25, 0.3) is 0 Å². The minimum absolute atomic E-state index is 0.0125. The van der Waals surface area contributed by atoms with Crippen molar-refractivity contribution in [1.29, 1.82) is 0 Å². The van der Waals surface area contributed by atoms with Crippen LogP contribution >= 0.6 is 46.6 Å². The van der Waals surface area contributed by atoms with Crippen LogP contribution in [0.15, 0.2) is 33.9 Å². The van der Waals surface area contributed by atoms with Crippen molar-refractivity contribution >= 4 is 64.4 Å². The van der Waals surface area contributed by atoms with Crippen LogP contribution in [0.1, 0.15) is 10.1 Å². The zero-order valence-electron chi connectivity index (χ0n) is 16.4. The molecule has 2 aliphatic heterocycles. The largest absolute Gasteiger partial charge is 0.477 e. The summed E-state index contributed by atoms with van der Waals surface area (Å²) >= 11 is 5.64. The Balaban J connectivity index is 1.47. The number of hydrogen-bond acceptors (Lipinski definition) is 10. The lowest BCUT2D eigenvalue weighted by molar-refractivity contribution is -0.150. The lowest BCUT2D eigenvalue weighted by Crippen LogP contribution is -2.70. The third kappa shape index (κ3) is 4.21. The number of carbonyl (C=O) groups is 3. The number of amides is 2. The van der Waals surface area contributed by atoms with Gasteiger partial charge in [-0.05, 0) is 33.7 Å². The van der Waals surface area contributed by atoms with Gasteiger partial charge < -0.3 is 10.4 Å². The van der Waals surface area contributed by atoms with Crippen molar-refractivity contribution in [3.63, 3.8) is 0 Å². The van der Waals surface area contributed by atoms with E-state index in [-0.39, 0.29) is 11.6 Å². The molecule has 3 atom stereocenters. The summed E-state index contributed by atoms with van der Waals surface area (Å²) < 4.78 is 1.50. The molecule has 14 heteroatoms. The number of rotatable bonds is 8. The molecule has 2 aromatic rings. The number of carboxylic acid groups (broad SMARTS) is 1. The standard InChI is InChI=1S/C17H18N6O4S4/c1-22-17(19-20-21-22)31-7-8-6-30-15-10(14(25)23(15)11(8)16(26)27)18-13(24)12(28-2)9-4-3-5-29-9/h3-5,10,12,15H,6-7H2,1-2H3,(H,18,24)(H,26,27)/t10?,12?,15-/m0/s1. The molecule has 0 spiro atoms. The number of carbonyl (C=O) groups excluding carboxylic acids is 2. The van der Waals surface area contributed by atoms with E-state index in [1.54, 1.807) is 7.05 Å². The fourth-order valence-corrected chi connectivity index (χ4v) is 7.40. The van der Waals surface area contributed by atoms with Crippen LogP contribution in [0.4, 0.5) is 0 Å². The first kappa shape index (κ1) is 22.2. The number of nitrogens with zero attached hydrogens (tertiary/aromatic N) is 5. The molecule has 0 saturated carbocycles. The molecule has 0 aromatic carbocycles.